The summed E-state index contributed by atoms with van der Waals surface area (Å²) in [7, 11) is -0.413. The van der Waals surface area contributed by atoms with E-state index in [1.165, 1.54) is 0 Å². The first-order chi connectivity index (χ1) is 15.3. The van der Waals surface area contributed by atoms with Crippen LogP contribution in [-0.2, 0) is 14.0 Å². The van der Waals surface area contributed by atoms with Crippen LogP contribution in [0.4, 0.5) is 4.79 Å². The van der Waals surface area contributed by atoms with Gasteiger partial charge in [-0.15, -0.1) is 0 Å². The molecule has 1 amide bonds. The first kappa shape index (κ1) is 23.8. The zero-order chi connectivity index (χ0) is 24.2. The molecule has 4 rings (SSSR count). The fraction of sp³-hybridized carbons (Fsp3) is 0.583. The Kier molecular flexibility index (Phi) is 5.87. The average Bonchev–Trinajstić information content (AvgIpc) is 3.37. The number of aromatic amines is 1. The molecule has 9 heteroatoms. The van der Waals surface area contributed by atoms with E-state index in [1.54, 1.807) is 11.1 Å². The van der Waals surface area contributed by atoms with Crippen molar-refractivity contribution in [2.24, 2.45) is 0 Å². The summed E-state index contributed by atoms with van der Waals surface area (Å²) in [5, 5.41) is 10.2. The summed E-state index contributed by atoms with van der Waals surface area (Å²) in [6.45, 7) is 13.8. The fourth-order valence-electron chi connectivity index (χ4n) is 4.05. The van der Waals surface area contributed by atoms with Crippen LogP contribution in [0.25, 0.3) is 11.3 Å². The number of H-pyrrole nitrogens is 1. The molecule has 2 saturated heterocycles. The molecule has 0 bridgehead atoms. The van der Waals surface area contributed by atoms with Crippen LogP contribution in [0.1, 0.15) is 66.8 Å². The Bertz CT molecular complexity index is 996. The molecule has 2 aliphatic heterocycles. The van der Waals surface area contributed by atoms with Gasteiger partial charge in [-0.25, -0.2) is 9.78 Å². The third-order valence-corrected chi connectivity index (χ3v) is 6.57. The number of rotatable bonds is 3. The Balaban J connectivity index is 1.50. The molecule has 3 heterocycles. The normalized spacial score (nSPS) is 24.4. The highest BCUT2D eigenvalue weighted by Crippen LogP contribution is 2.37. The van der Waals surface area contributed by atoms with Gasteiger partial charge in [0.1, 0.15) is 11.4 Å². The van der Waals surface area contributed by atoms with E-state index in [9.17, 15) is 9.90 Å². The summed E-state index contributed by atoms with van der Waals surface area (Å²) < 4.78 is 17.8. The molecule has 2 fully saturated rings. The molecule has 0 radical (unpaired) electrons. The zero-order valence-electron chi connectivity index (χ0n) is 20.5. The van der Waals surface area contributed by atoms with Crippen LogP contribution in [0.15, 0.2) is 30.5 Å². The molecule has 178 valence electrons. The number of carbonyl (C=O) groups is 1. The molecule has 8 nitrogen and oxygen atoms in total. The van der Waals surface area contributed by atoms with Crippen molar-refractivity contribution in [3.63, 3.8) is 0 Å². The summed E-state index contributed by atoms with van der Waals surface area (Å²) in [5.74, 6) is 0.627. The molecule has 33 heavy (non-hydrogen) atoms. The number of aliphatic hydroxyl groups excluding tert-OH is 1. The lowest BCUT2D eigenvalue weighted by atomic mass is 9.79. The largest absolute Gasteiger partial charge is 0.494 e. The van der Waals surface area contributed by atoms with E-state index in [2.05, 4.69) is 9.97 Å². The van der Waals surface area contributed by atoms with Crippen LogP contribution >= 0.6 is 0 Å². The number of nitrogens with zero attached hydrogens (tertiary/aromatic N) is 2. The minimum atomic E-state index is -0.615. The second-order valence-corrected chi connectivity index (χ2v) is 10.9. The summed E-state index contributed by atoms with van der Waals surface area (Å²) in [5.41, 5.74) is 1.35. The van der Waals surface area contributed by atoms with E-state index in [0.29, 0.717) is 12.2 Å². The van der Waals surface area contributed by atoms with E-state index in [0.717, 1.165) is 16.7 Å². The molecule has 1 aromatic carbocycles. The number of β-amino-alcohol motifs (C(OH)–C–C–N with tert-alkyl or cyclic N) is 1. The SMILES string of the molecule is CC(C)(C)OC(=O)N1C[C@@H](O)C[C@H]1c1ncc(-c2ccc(B3OC(C)(C)C(C)(C)O3)cc2)[nH]1. The number of amides is 1. The van der Waals surface area contributed by atoms with Gasteiger partial charge in [-0.05, 0) is 59.5 Å². The number of ether oxygens (including phenoxy) is 1. The van der Waals surface area contributed by atoms with Gasteiger partial charge in [-0.2, -0.15) is 0 Å². The summed E-state index contributed by atoms with van der Waals surface area (Å²) >= 11 is 0. The highest BCUT2D eigenvalue weighted by molar-refractivity contribution is 6.62. The lowest BCUT2D eigenvalue weighted by Gasteiger charge is -2.32. The Labute approximate surface area is 195 Å². The Hall–Kier alpha value is -2.36. The molecular weight excluding hydrogens is 421 g/mol. The fourth-order valence-corrected chi connectivity index (χ4v) is 4.05. The molecule has 2 aliphatic rings. The van der Waals surface area contributed by atoms with Gasteiger partial charge in [0, 0.05) is 6.42 Å². The average molecular weight is 455 g/mol. The number of hydrogen-bond acceptors (Lipinski definition) is 6. The molecule has 0 unspecified atom stereocenters. The van der Waals surface area contributed by atoms with Crippen molar-refractivity contribution in [2.75, 3.05) is 6.54 Å². The second-order valence-electron chi connectivity index (χ2n) is 10.9. The van der Waals surface area contributed by atoms with Crippen molar-refractivity contribution < 1.29 is 23.9 Å². The predicted molar refractivity (Wildman–Crippen MR) is 126 cm³/mol. The summed E-state index contributed by atoms with van der Waals surface area (Å²) in [6, 6.07) is 7.60. The molecule has 0 spiro atoms. The monoisotopic (exact) mass is 455 g/mol. The highest BCUT2D eigenvalue weighted by Gasteiger charge is 2.51. The van der Waals surface area contributed by atoms with Gasteiger partial charge in [0.15, 0.2) is 0 Å². The standard InChI is InChI=1S/C24H34BN3O5/c1-22(2,3)31-21(30)28-14-17(29)12-19(28)20-26-13-18(27-20)15-8-10-16(11-9-15)25-32-23(4,5)24(6,7)33-25/h8-11,13,17,19,29H,12,14H2,1-7H3,(H,26,27)/t17-,19-/m0/s1. The van der Waals surface area contributed by atoms with Crippen molar-refractivity contribution >= 4 is 18.7 Å². The third kappa shape index (κ3) is 4.81. The second kappa shape index (κ2) is 8.15. The predicted octanol–water partition coefficient (Wildman–Crippen LogP) is 3.42. The number of hydrogen-bond donors (Lipinski definition) is 2. The van der Waals surface area contributed by atoms with Gasteiger partial charge >= 0.3 is 13.2 Å². The highest BCUT2D eigenvalue weighted by atomic mass is 16.7. The smallest absolute Gasteiger partial charge is 0.444 e. The summed E-state index contributed by atoms with van der Waals surface area (Å²) in [4.78, 5) is 22.0. The Morgan fingerprint density at radius 3 is 2.36 bits per heavy atom. The van der Waals surface area contributed by atoms with Gasteiger partial charge in [0.05, 0.1) is 41.8 Å². The molecule has 0 aliphatic carbocycles. The Morgan fingerprint density at radius 2 is 1.79 bits per heavy atom. The van der Waals surface area contributed by atoms with Crippen LogP contribution in [0.2, 0.25) is 0 Å². The van der Waals surface area contributed by atoms with Crippen LogP contribution in [0, 0.1) is 0 Å². The van der Waals surface area contributed by atoms with E-state index >= 15 is 0 Å². The Morgan fingerprint density at radius 1 is 1.18 bits per heavy atom. The molecular formula is C24H34BN3O5. The van der Waals surface area contributed by atoms with Gasteiger partial charge in [-0.1, -0.05) is 24.3 Å². The van der Waals surface area contributed by atoms with Crippen LogP contribution in [-0.4, -0.2) is 62.6 Å². The van der Waals surface area contributed by atoms with E-state index in [1.807, 2.05) is 72.7 Å². The number of imidazole rings is 1. The van der Waals surface area contributed by atoms with E-state index < -0.39 is 24.9 Å². The number of aromatic nitrogens is 2. The van der Waals surface area contributed by atoms with E-state index in [-0.39, 0.29) is 23.8 Å². The minimum Gasteiger partial charge on any atom is -0.444 e. The number of likely N-dealkylation sites (tertiary alicyclic amines) is 1. The molecule has 2 atom stereocenters. The van der Waals surface area contributed by atoms with Gasteiger partial charge in [0.25, 0.3) is 0 Å². The minimum absolute atomic E-state index is 0.221. The van der Waals surface area contributed by atoms with Crippen molar-refractivity contribution in [1.82, 2.24) is 14.9 Å². The number of carbonyl (C=O) groups excluding carboxylic acids is 1. The van der Waals surface area contributed by atoms with Crippen LogP contribution < -0.4 is 5.46 Å². The quantitative estimate of drug-likeness (QED) is 0.689. The van der Waals surface area contributed by atoms with Crippen molar-refractivity contribution in [2.45, 2.75) is 83.8 Å². The maximum Gasteiger partial charge on any atom is 0.494 e. The van der Waals surface area contributed by atoms with Crippen molar-refractivity contribution in [3.05, 3.63) is 36.3 Å². The van der Waals surface area contributed by atoms with Crippen LogP contribution in [0.3, 0.4) is 0 Å². The lowest BCUT2D eigenvalue weighted by Crippen LogP contribution is -2.41. The first-order valence-corrected chi connectivity index (χ1v) is 11.4. The first-order valence-electron chi connectivity index (χ1n) is 11.4. The number of aliphatic hydroxyl groups is 1. The molecule has 2 N–H and O–H groups in total. The van der Waals surface area contributed by atoms with Crippen molar-refractivity contribution in [3.8, 4) is 11.3 Å². The maximum absolute atomic E-state index is 12.6. The van der Waals surface area contributed by atoms with Gasteiger partial charge < -0.3 is 24.1 Å². The van der Waals surface area contributed by atoms with Gasteiger partial charge in [0.2, 0.25) is 0 Å². The zero-order valence-corrected chi connectivity index (χ0v) is 20.5. The topological polar surface area (TPSA) is 96.9 Å². The lowest BCUT2D eigenvalue weighted by molar-refractivity contribution is 0.00578. The maximum atomic E-state index is 12.6. The van der Waals surface area contributed by atoms with Crippen molar-refractivity contribution in [1.29, 1.82) is 0 Å². The number of benzene rings is 1. The summed E-state index contributed by atoms with van der Waals surface area (Å²) in [6.07, 6.45) is 1.09. The number of nitrogens with one attached hydrogen (secondary N) is 1. The van der Waals surface area contributed by atoms with Crippen LogP contribution in [0.5, 0.6) is 0 Å². The van der Waals surface area contributed by atoms with Gasteiger partial charge in [-0.3, -0.25) is 4.90 Å². The molecule has 1 aromatic heterocycles. The third-order valence-electron chi connectivity index (χ3n) is 6.57. The molecule has 0 saturated carbocycles. The van der Waals surface area contributed by atoms with E-state index in [4.69, 9.17) is 14.0 Å². The molecule has 2 aromatic rings.